The van der Waals surface area contributed by atoms with Crippen LogP contribution in [0, 0.1) is 11.6 Å². The molecule has 10 heteroatoms. The maximum absolute atomic E-state index is 13.0. The molecule has 7 nitrogen and oxygen atoms in total. The molecule has 2 rings (SSSR count). The summed E-state index contributed by atoms with van der Waals surface area (Å²) in [4.78, 5) is 26.5. The number of rotatable bonds is 4. The van der Waals surface area contributed by atoms with Crippen LogP contribution < -0.4 is 45.4 Å². The van der Waals surface area contributed by atoms with Crippen molar-refractivity contribution < 1.29 is 53.0 Å². The number of hydrogen-bond acceptors (Lipinski definition) is 5. The predicted molar refractivity (Wildman–Crippen MR) is 79.3 cm³/mol. The van der Waals surface area contributed by atoms with E-state index in [0.29, 0.717) is 6.07 Å². The number of aromatic carboxylic acids is 1. The van der Waals surface area contributed by atoms with E-state index >= 15 is 0 Å². The van der Waals surface area contributed by atoms with E-state index in [2.05, 4.69) is 20.8 Å². The van der Waals surface area contributed by atoms with Crippen LogP contribution >= 0.6 is 0 Å². The quantitative estimate of drug-likeness (QED) is 0.386. The van der Waals surface area contributed by atoms with Gasteiger partial charge in [-0.05, 0) is 31.2 Å². The summed E-state index contributed by atoms with van der Waals surface area (Å²) in [5.41, 5.74) is 1.91. The number of carbonyl (C=O) groups is 2. The van der Waals surface area contributed by atoms with Gasteiger partial charge in [0.2, 0.25) is 0 Å². The summed E-state index contributed by atoms with van der Waals surface area (Å²) in [6.45, 7) is 1.43. The van der Waals surface area contributed by atoms with Crippen LogP contribution in [0.5, 0.6) is 0 Å². The van der Waals surface area contributed by atoms with E-state index < -0.39 is 23.6 Å². The monoisotopic (exact) mass is 356 g/mol. The minimum Gasteiger partial charge on any atom is -0.545 e. The number of anilines is 1. The van der Waals surface area contributed by atoms with Crippen molar-refractivity contribution in [2.24, 2.45) is 5.10 Å². The first kappa shape index (κ1) is 20.7. The Labute approximate surface area is 163 Å². The van der Waals surface area contributed by atoms with Crippen molar-refractivity contribution >= 4 is 23.4 Å². The van der Waals surface area contributed by atoms with Crippen LogP contribution in [0.4, 0.5) is 19.3 Å². The summed E-state index contributed by atoms with van der Waals surface area (Å²) in [7, 11) is 0. The molecule has 0 aliphatic carbocycles. The van der Waals surface area contributed by atoms with Crippen LogP contribution in [0.25, 0.3) is 0 Å². The van der Waals surface area contributed by atoms with Crippen molar-refractivity contribution in [2.75, 3.05) is 5.32 Å². The van der Waals surface area contributed by atoms with Crippen LogP contribution in [-0.2, 0) is 0 Å². The molecule has 2 aromatic rings. The van der Waals surface area contributed by atoms with Crippen LogP contribution in [0.3, 0.4) is 0 Å². The largest absolute Gasteiger partial charge is 1.00 e. The summed E-state index contributed by atoms with van der Waals surface area (Å²) >= 11 is 0. The average molecular weight is 356 g/mol. The average Bonchev–Trinajstić information content (AvgIpc) is 2.51. The Morgan fingerprint density at radius 2 is 1.84 bits per heavy atom. The van der Waals surface area contributed by atoms with Crippen molar-refractivity contribution in [3.63, 3.8) is 0 Å². The molecular weight excluding hydrogens is 345 g/mol. The van der Waals surface area contributed by atoms with Gasteiger partial charge in [-0.25, -0.2) is 19.0 Å². The summed E-state index contributed by atoms with van der Waals surface area (Å²) in [5.74, 6) is -3.14. The Kier molecular flexibility index (Phi) is 7.62. The van der Waals surface area contributed by atoms with Gasteiger partial charge >= 0.3 is 35.6 Å². The molecule has 2 amide bonds. The number of carboxylic acids is 1. The normalized spacial score (nSPS) is 10.6. The minimum atomic E-state index is -1.44. The summed E-state index contributed by atoms with van der Waals surface area (Å²) in [5, 5.41) is 16.9. The number of amides is 2. The van der Waals surface area contributed by atoms with Crippen LogP contribution in [0.15, 0.2) is 41.6 Å². The van der Waals surface area contributed by atoms with Gasteiger partial charge in [0.1, 0.15) is 11.6 Å². The van der Waals surface area contributed by atoms with Gasteiger partial charge in [-0.3, -0.25) is 4.98 Å². The van der Waals surface area contributed by atoms with Crippen LogP contribution in [-0.4, -0.2) is 22.7 Å². The second-order valence-corrected chi connectivity index (χ2v) is 4.61. The number of pyridine rings is 1. The first-order valence-corrected chi connectivity index (χ1v) is 6.61. The van der Waals surface area contributed by atoms with Crippen molar-refractivity contribution in [1.29, 1.82) is 0 Å². The standard InChI is InChI=1S/C15H12F2N4O3.Na/c1-8(13-12(14(22)23)3-2-4-18-13)20-21-15(24)19-11-6-9(16)5-10(17)7-11;/h2-7H,1H3,(H,22,23)(H2,19,21,24);/q;+1/p-1/b20-8+;. The van der Waals surface area contributed by atoms with Crippen molar-refractivity contribution in [3.8, 4) is 0 Å². The van der Waals surface area contributed by atoms with E-state index in [4.69, 9.17) is 0 Å². The molecular formula is C15H11F2N4NaO3. The van der Waals surface area contributed by atoms with E-state index in [1.165, 1.54) is 25.3 Å². The zero-order valence-corrected chi connectivity index (χ0v) is 15.3. The van der Waals surface area contributed by atoms with Crippen molar-refractivity contribution in [1.82, 2.24) is 10.4 Å². The van der Waals surface area contributed by atoms with Gasteiger partial charge in [0.25, 0.3) is 0 Å². The Morgan fingerprint density at radius 3 is 2.44 bits per heavy atom. The molecule has 1 heterocycles. The van der Waals surface area contributed by atoms with Crippen molar-refractivity contribution in [3.05, 3.63) is 59.4 Å². The van der Waals surface area contributed by atoms with E-state index in [0.717, 1.165) is 12.1 Å². The number of hydrogen-bond donors (Lipinski definition) is 2. The predicted octanol–water partition coefficient (Wildman–Crippen LogP) is -1.73. The Morgan fingerprint density at radius 1 is 1.20 bits per heavy atom. The van der Waals surface area contributed by atoms with Gasteiger partial charge in [0.15, 0.2) is 0 Å². The molecule has 0 saturated carbocycles. The van der Waals surface area contributed by atoms with E-state index in [1.807, 2.05) is 0 Å². The fourth-order valence-electron chi connectivity index (χ4n) is 1.83. The number of carboxylic acid groups (broad SMARTS) is 1. The molecule has 2 N–H and O–H groups in total. The zero-order valence-electron chi connectivity index (χ0n) is 13.3. The van der Waals surface area contributed by atoms with Gasteiger partial charge < -0.3 is 15.2 Å². The zero-order chi connectivity index (χ0) is 17.7. The van der Waals surface area contributed by atoms with E-state index in [-0.39, 0.29) is 52.2 Å². The smallest absolute Gasteiger partial charge is 0.545 e. The first-order valence-electron chi connectivity index (χ1n) is 6.61. The second-order valence-electron chi connectivity index (χ2n) is 4.61. The number of carbonyl (C=O) groups excluding carboxylic acids is 2. The molecule has 0 unspecified atom stereocenters. The third kappa shape index (κ3) is 5.89. The Hall–Kier alpha value is -2.36. The minimum absolute atomic E-state index is 0. The van der Waals surface area contributed by atoms with Gasteiger partial charge in [0, 0.05) is 23.5 Å². The number of nitrogens with one attached hydrogen (secondary N) is 2. The van der Waals surface area contributed by atoms with Crippen LogP contribution in [0.1, 0.15) is 23.0 Å². The van der Waals surface area contributed by atoms with E-state index in [9.17, 15) is 23.5 Å². The fourth-order valence-corrected chi connectivity index (χ4v) is 1.83. The maximum atomic E-state index is 13.0. The van der Waals surface area contributed by atoms with Gasteiger partial charge in [-0.2, -0.15) is 5.10 Å². The molecule has 0 radical (unpaired) electrons. The molecule has 0 saturated heterocycles. The molecule has 0 spiro atoms. The van der Waals surface area contributed by atoms with Gasteiger partial charge in [0.05, 0.1) is 17.4 Å². The second kappa shape index (κ2) is 9.21. The number of aromatic nitrogens is 1. The molecule has 1 aromatic carbocycles. The van der Waals surface area contributed by atoms with Gasteiger partial charge in [-0.15, -0.1) is 0 Å². The molecule has 0 fully saturated rings. The fraction of sp³-hybridized carbons (Fsp3) is 0.0667. The number of nitrogens with zero attached hydrogens (tertiary/aromatic N) is 2. The molecule has 124 valence electrons. The van der Waals surface area contributed by atoms with Gasteiger partial charge in [-0.1, -0.05) is 0 Å². The summed E-state index contributed by atoms with van der Waals surface area (Å²) in [6.07, 6.45) is 1.36. The molecule has 0 aliphatic rings. The molecule has 0 aliphatic heterocycles. The summed E-state index contributed by atoms with van der Waals surface area (Å²) < 4.78 is 26.0. The molecule has 25 heavy (non-hydrogen) atoms. The SMILES string of the molecule is C/C(=N\NC(=O)Nc1cc(F)cc(F)c1)c1ncccc1C(=O)[O-].[Na+]. The Bertz CT molecular complexity index is 810. The number of halogens is 2. The van der Waals surface area contributed by atoms with Crippen LogP contribution in [0.2, 0.25) is 0 Å². The molecule has 1 aromatic heterocycles. The Balaban J connectivity index is 0.00000312. The summed E-state index contributed by atoms with van der Waals surface area (Å²) in [6, 6.07) is 4.34. The molecule has 0 atom stereocenters. The molecule has 0 bridgehead atoms. The first-order chi connectivity index (χ1) is 11.4. The van der Waals surface area contributed by atoms with E-state index in [1.54, 1.807) is 0 Å². The number of hydrazone groups is 1. The number of benzene rings is 1. The number of urea groups is 1. The topological polar surface area (TPSA) is 107 Å². The maximum Gasteiger partial charge on any atom is 1.00 e. The third-order valence-corrected chi connectivity index (χ3v) is 2.82. The third-order valence-electron chi connectivity index (χ3n) is 2.82. The van der Waals surface area contributed by atoms with Crippen molar-refractivity contribution in [2.45, 2.75) is 6.92 Å².